The summed E-state index contributed by atoms with van der Waals surface area (Å²) in [4.78, 5) is 19.3. The molecule has 4 nitrogen and oxygen atoms in total. The number of carbonyl (C=O) groups is 2. The Hall–Kier alpha value is 1.94. The van der Waals surface area contributed by atoms with Crippen LogP contribution < -0.4 is 88.7 Å². The molecule has 0 atom stereocenters. The molecule has 0 unspecified atom stereocenters. The van der Waals surface area contributed by atoms with E-state index in [1.54, 1.807) is 0 Å². The van der Waals surface area contributed by atoms with Gasteiger partial charge in [-0.3, -0.25) is 9.59 Å². The summed E-state index contributed by atoms with van der Waals surface area (Å²) in [5.41, 5.74) is 0. The van der Waals surface area contributed by atoms with Gasteiger partial charge in [-0.2, -0.15) is 0 Å². The summed E-state index contributed by atoms with van der Waals surface area (Å²) in [6, 6.07) is 0. The van der Waals surface area contributed by atoms with Crippen molar-refractivity contribution in [3.8, 4) is 0 Å². The van der Waals surface area contributed by atoms with Gasteiger partial charge in [0.25, 0.3) is 0 Å². The molecule has 0 saturated heterocycles. The molecule has 0 aromatic rings. The van der Waals surface area contributed by atoms with Crippen LogP contribution in [-0.4, -0.2) is 22.2 Å². The fraction of sp³-hybridized carbons (Fsp3) is 0.500. The minimum Gasteiger partial charge on any atom is -0.481 e. The molecular formula is C4H6Na3O4+3. The maximum Gasteiger partial charge on any atom is 1.00 e. The molecular weight excluding hydrogens is 181 g/mol. The summed E-state index contributed by atoms with van der Waals surface area (Å²) >= 11 is 0. The number of rotatable bonds is 3. The Morgan fingerprint density at radius 1 is 0.818 bits per heavy atom. The predicted molar refractivity (Wildman–Crippen MR) is 24.5 cm³/mol. The van der Waals surface area contributed by atoms with Crippen LogP contribution in [0.4, 0.5) is 0 Å². The number of hydrogen-bond donors (Lipinski definition) is 2. The van der Waals surface area contributed by atoms with Crippen molar-refractivity contribution in [2.75, 3.05) is 0 Å². The Labute approximate surface area is 131 Å². The van der Waals surface area contributed by atoms with Crippen LogP contribution in [0.25, 0.3) is 0 Å². The van der Waals surface area contributed by atoms with Crippen LogP contribution in [0.1, 0.15) is 12.8 Å². The van der Waals surface area contributed by atoms with Crippen molar-refractivity contribution in [3.05, 3.63) is 0 Å². The van der Waals surface area contributed by atoms with Gasteiger partial charge in [0, 0.05) is 0 Å². The topological polar surface area (TPSA) is 74.6 Å². The van der Waals surface area contributed by atoms with Crippen molar-refractivity contribution < 1.29 is 108 Å². The number of aliphatic carboxylic acids is 2. The van der Waals surface area contributed by atoms with Gasteiger partial charge in [-0.25, -0.2) is 0 Å². The maximum atomic E-state index is 9.64. The first-order valence-corrected chi connectivity index (χ1v) is 2.06. The molecule has 0 saturated carbocycles. The zero-order valence-corrected chi connectivity index (χ0v) is 13.1. The molecule has 7 heteroatoms. The van der Waals surface area contributed by atoms with Crippen molar-refractivity contribution in [1.29, 1.82) is 0 Å². The first-order chi connectivity index (χ1) is 3.63. The molecule has 0 aliphatic heterocycles. The summed E-state index contributed by atoms with van der Waals surface area (Å²) < 4.78 is 0. The van der Waals surface area contributed by atoms with Crippen molar-refractivity contribution >= 4 is 11.9 Å². The Kier molecular flexibility index (Phi) is 30.3. The van der Waals surface area contributed by atoms with E-state index >= 15 is 0 Å². The Bertz CT molecular complexity index is 102. The zero-order valence-electron chi connectivity index (χ0n) is 7.13. The van der Waals surface area contributed by atoms with E-state index in [-0.39, 0.29) is 102 Å². The molecule has 0 spiro atoms. The first kappa shape index (κ1) is 23.1. The summed E-state index contributed by atoms with van der Waals surface area (Å²) in [5.74, 6) is -2.15. The van der Waals surface area contributed by atoms with E-state index in [9.17, 15) is 9.59 Å². The monoisotopic (exact) mass is 187 g/mol. The summed E-state index contributed by atoms with van der Waals surface area (Å²) in [7, 11) is 0. The molecule has 0 bridgehead atoms. The van der Waals surface area contributed by atoms with E-state index in [0.29, 0.717) is 0 Å². The maximum absolute atomic E-state index is 9.64. The normalized spacial score (nSPS) is 6.18. The standard InChI is InChI=1S/C4H6O4.3Na/c5-3(6)1-2-4(7)8;;;/h1-2H2,(H,5,6)(H,7,8);;;/q;3*+1. The van der Waals surface area contributed by atoms with Gasteiger partial charge < -0.3 is 10.2 Å². The summed E-state index contributed by atoms with van der Waals surface area (Å²) in [6.07, 6.45) is -0.593. The van der Waals surface area contributed by atoms with Gasteiger partial charge in [0.15, 0.2) is 0 Å². The van der Waals surface area contributed by atoms with E-state index in [4.69, 9.17) is 10.2 Å². The van der Waals surface area contributed by atoms with E-state index < -0.39 is 11.9 Å². The quantitative estimate of drug-likeness (QED) is 0.430. The molecule has 0 fully saturated rings. The van der Waals surface area contributed by atoms with Gasteiger partial charge in [-0.1, -0.05) is 0 Å². The van der Waals surface area contributed by atoms with Crippen molar-refractivity contribution in [2.24, 2.45) is 0 Å². The smallest absolute Gasteiger partial charge is 0.481 e. The van der Waals surface area contributed by atoms with Crippen LogP contribution in [0.2, 0.25) is 0 Å². The molecule has 0 heterocycles. The number of carboxylic acid groups (broad SMARTS) is 2. The van der Waals surface area contributed by atoms with Gasteiger partial charge in [0.2, 0.25) is 0 Å². The third kappa shape index (κ3) is 24.5. The third-order valence-electron chi connectivity index (χ3n) is 0.553. The molecule has 2 N–H and O–H groups in total. The van der Waals surface area contributed by atoms with Gasteiger partial charge in [0.1, 0.15) is 0 Å². The average Bonchev–Trinajstić information content (AvgIpc) is 1.61. The molecule has 0 amide bonds. The predicted octanol–water partition coefficient (Wildman–Crippen LogP) is -9.05. The molecule has 0 aliphatic carbocycles. The van der Waals surface area contributed by atoms with E-state index in [1.807, 2.05) is 0 Å². The van der Waals surface area contributed by atoms with Gasteiger partial charge in [-0.15, -0.1) is 0 Å². The van der Waals surface area contributed by atoms with Crippen LogP contribution in [0.3, 0.4) is 0 Å². The largest absolute Gasteiger partial charge is 1.00 e. The first-order valence-electron chi connectivity index (χ1n) is 2.06. The summed E-state index contributed by atoms with van der Waals surface area (Å²) in [6.45, 7) is 0. The average molecular weight is 187 g/mol. The fourth-order valence-corrected chi connectivity index (χ4v) is 0.214. The molecule has 0 aliphatic rings. The van der Waals surface area contributed by atoms with Crippen molar-refractivity contribution in [3.63, 3.8) is 0 Å². The third-order valence-corrected chi connectivity index (χ3v) is 0.553. The Morgan fingerprint density at radius 3 is 1.09 bits per heavy atom. The zero-order chi connectivity index (χ0) is 6.57. The van der Waals surface area contributed by atoms with E-state index in [0.717, 1.165) is 0 Å². The number of hydrogen-bond acceptors (Lipinski definition) is 2. The molecule has 0 rings (SSSR count). The van der Waals surface area contributed by atoms with Crippen LogP contribution in [0.5, 0.6) is 0 Å². The van der Waals surface area contributed by atoms with Crippen LogP contribution in [0, 0.1) is 0 Å². The van der Waals surface area contributed by atoms with Gasteiger partial charge >= 0.3 is 101 Å². The van der Waals surface area contributed by atoms with Gasteiger partial charge in [-0.05, 0) is 0 Å². The van der Waals surface area contributed by atoms with Crippen molar-refractivity contribution in [1.82, 2.24) is 0 Å². The fourth-order valence-electron chi connectivity index (χ4n) is 0.214. The molecule has 11 heavy (non-hydrogen) atoms. The molecule has 46 valence electrons. The Morgan fingerprint density at radius 2 is 1.00 bits per heavy atom. The molecule has 0 aromatic heterocycles. The van der Waals surface area contributed by atoms with E-state index in [2.05, 4.69) is 0 Å². The minimum atomic E-state index is -1.08. The van der Waals surface area contributed by atoms with Crippen molar-refractivity contribution in [2.45, 2.75) is 12.8 Å². The SMILES string of the molecule is O=C(O)CCC(=O)O.[Na+].[Na+].[Na+]. The second kappa shape index (κ2) is 14.5. The van der Waals surface area contributed by atoms with Crippen LogP contribution in [0.15, 0.2) is 0 Å². The van der Waals surface area contributed by atoms with Crippen LogP contribution >= 0.6 is 0 Å². The second-order valence-electron chi connectivity index (χ2n) is 1.29. The minimum absolute atomic E-state index is 0. The van der Waals surface area contributed by atoms with Gasteiger partial charge in [0.05, 0.1) is 12.8 Å². The molecule has 0 radical (unpaired) electrons. The van der Waals surface area contributed by atoms with E-state index in [1.165, 1.54) is 0 Å². The molecule has 0 aromatic carbocycles. The summed E-state index contributed by atoms with van der Waals surface area (Å²) in [5, 5.41) is 15.8. The number of carboxylic acids is 2. The Balaban J connectivity index is -0.0000000817. The second-order valence-corrected chi connectivity index (χ2v) is 1.29. The van der Waals surface area contributed by atoms with Crippen LogP contribution in [-0.2, 0) is 9.59 Å².